The van der Waals surface area contributed by atoms with E-state index in [0.717, 1.165) is 37.2 Å². The highest BCUT2D eigenvalue weighted by molar-refractivity contribution is 5.84. The number of rotatable bonds is 8. The Morgan fingerprint density at radius 2 is 2.17 bits per heavy atom. The van der Waals surface area contributed by atoms with Gasteiger partial charge in [0, 0.05) is 19.3 Å². The Bertz CT molecular complexity index is 385. The lowest BCUT2D eigenvalue weighted by molar-refractivity contribution is -0.128. The standard InChI is InChI=1S/C14H24N2O2/c1-5-8-14(18-4)13(17)10-12-9-11(6-2)15-16(12)7-3/h9,14H,5-8,10H2,1-4H3. The van der Waals surface area contributed by atoms with Crippen molar-refractivity contribution in [2.45, 2.75) is 59.1 Å². The van der Waals surface area contributed by atoms with Crippen molar-refractivity contribution < 1.29 is 9.53 Å². The minimum absolute atomic E-state index is 0.150. The van der Waals surface area contributed by atoms with Crippen LogP contribution in [0.4, 0.5) is 0 Å². The number of ketones is 1. The second-order valence-corrected chi connectivity index (χ2v) is 4.45. The van der Waals surface area contributed by atoms with Crippen molar-refractivity contribution in [3.63, 3.8) is 0 Å². The Kier molecular flexibility index (Phi) is 6.05. The predicted molar refractivity (Wildman–Crippen MR) is 71.7 cm³/mol. The molecule has 1 heterocycles. The minimum Gasteiger partial charge on any atom is -0.374 e. The van der Waals surface area contributed by atoms with Crippen molar-refractivity contribution in [2.75, 3.05) is 7.11 Å². The highest BCUT2D eigenvalue weighted by Gasteiger charge is 2.19. The minimum atomic E-state index is -0.278. The number of hydrogen-bond donors (Lipinski definition) is 0. The van der Waals surface area contributed by atoms with Crippen LogP contribution in [0.15, 0.2) is 6.07 Å². The predicted octanol–water partition coefficient (Wildman–Crippen LogP) is 2.39. The molecule has 1 aromatic rings. The zero-order valence-corrected chi connectivity index (χ0v) is 11.9. The Morgan fingerprint density at radius 3 is 2.67 bits per heavy atom. The van der Waals surface area contributed by atoms with Crippen LogP contribution in [0.25, 0.3) is 0 Å². The van der Waals surface area contributed by atoms with Crippen molar-refractivity contribution in [2.24, 2.45) is 0 Å². The molecule has 0 amide bonds. The number of Topliss-reactive ketones (excluding diaryl/α,β-unsaturated/α-hetero) is 1. The van der Waals surface area contributed by atoms with E-state index >= 15 is 0 Å². The fourth-order valence-corrected chi connectivity index (χ4v) is 2.07. The topological polar surface area (TPSA) is 44.1 Å². The molecule has 0 aliphatic rings. The molecular formula is C14H24N2O2. The number of methoxy groups -OCH3 is 1. The monoisotopic (exact) mass is 252 g/mol. The van der Waals surface area contributed by atoms with Crippen LogP contribution in [-0.4, -0.2) is 28.8 Å². The first-order chi connectivity index (χ1) is 8.65. The number of carbonyl (C=O) groups excluding carboxylic acids is 1. The molecule has 1 atom stereocenters. The molecule has 0 fully saturated rings. The maximum atomic E-state index is 12.1. The molecule has 1 unspecified atom stereocenters. The molecule has 0 aliphatic heterocycles. The average molecular weight is 252 g/mol. The van der Waals surface area contributed by atoms with Crippen molar-refractivity contribution >= 4 is 5.78 Å². The molecule has 0 spiro atoms. The zero-order valence-electron chi connectivity index (χ0n) is 11.9. The molecule has 0 N–H and O–H groups in total. The summed E-state index contributed by atoms with van der Waals surface area (Å²) < 4.78 is 7.16. The first-order valence-electron chi connectivity index (χ1n) is 6.77. The van der Waals surface area contributed by atoms with Gasteiger partial charge in [0.2, 0.25) is 0 Å². The maximum absolute atomic E-state index is 12.1. The summed E-state index contributed by atoms with van der Waals surface area (Å²) in [6.45, 7) is 6.97. The van der Waals surface area contributed by atoms with Gasteiger partial charge in [-0.3, -0.25) is 9.48 Å². The summed E-state index contributed by atoms with van der Waals surface area (Å²) in [5.74, 6) is 0.150. The van der Waals surface area contributed by atoms with Gasteiger partial charge < -0.3 is 4.74 Å². The first-order valence-corrected chi connectivity index (χ1v) is 6.77. The van der Waals surface area contributed by atoms with Crippen LogP contribution in [0.2, 0.25) is 0 Å². The Balaban J connectivity index is 2.76. The van der Waals surface area contributed by atoms with E-state index in [1.165, 1.54) is 0 Å². The van der Waals surface area contributed by atoms with Gasteiger partial charge >= 0.3 is 0 Å². The zero-order chi connectivity index (χ0) is 13.5. The van der Waals surface area contributed by atoms with Gasteiger partial charge in [0.15, 0.2) is 5.78 Å². The lowest BCUT2D eigenvalue weighted by Gasteiger charge is -2.13. The van der Waals surface area contributed by atoms with Gasteiger partial charge in [-0.25, -0.2) is 0 Å². The van der Waals surface area contributed by atoms with E-state index < -0.39 is 0 Å². The van der Waals surface area contributed by atoms with Crippen LogP contribution in [0, 0.1) is 0 Å². The molecule has 1 rings (SSSR count). The molecule has 0 radical (unpaired) electrons. The molecule has 0 bridgehead atoms. The first kappa shape index (κ1) is 14.9. The molecule has 0 aromatic carbocycles. The number of aryl methyl sites for hydroxylation is 2. The van der Waals surface area contributed by atoms with Gasteiger partial charge in [0.25, 0.3) is 0 Å². The Hall–Kier alpha value is -1.16. The number of nitrogens with zero attached hydrogens (tertiary/aromatic N) is 2. The molecule has 1 aromatic heterocycles. The Labute approximate surface area is 109 Å². The second-order valence-electron chi connectivity index (χ2n) is 4.45. The maximum Gasteiger partial charge on any atom is 0.167 e. The summed E-state index contributed by atoms with van der Waals surface area (Å²) in [5.41, 5.74) is 2.04. The summed E-state index contributed by atoms with van der Waals surface area (Å²) >= 11 is 0. The van der Waals surface area contributed by atoms with E-state index in [-0.39, 0.29) is 11.9 Å². The lowest BCUT2D eigenvalue weighted by Crippen LogP contribution is -2.25. The van der Waals surface area contributed by atoms with Crippen molar-refractivity contribution in [3.05, 3.63) is 17.5 Å². The SMILES string of the molecule is CCCC(OC)C(=O)Cc1cc(CC)nn1CC. The summed E-state index contributed by atoms with van der Waals surface area (Å²) in [7, 11) is 1.60. The number of ether oxygens (including phenoxy) is 1. The largest absolute Gasteiger partial charge is 0.374 e. The summed E-state index contributed by atoms with van der Waals surface area (Å²) in [4.78, 5) is 12.1. The third-order valence-electron chi connectivity index (χ3n) is 3.13. The van der Waals surface area contributed by atoms with Crippen LogP contribution in [0.3, 0.4) is 0 Å². The molecule has 0 aliphatic carbocycles. The molecule has 0 saturated heterocycles. The van der Waals surface area contributed by atoms with Crippen molar-refractivity contribution in [3.8, 4) is 0 Å². The normalized spacial score (nSPS) is 12.7. The van der Waals surface area contributed by atoms with Crippen LogP contribution in [0.1, 0.15) is 45.0 Å². The van der Waals surface area contributed by atoms with Gasteiger partial charge in [-0.05, 0) is 25.8 Å². The molecular weight excluding hydrogens is 228 g/mol. The Morgan fingerprint density at radius 1 is 1.44 bits per heavy atom. The fraction of sp³-hybridized carbons (Fsp3) is 0.714. The van der Waals surface area contributed by atoms with Crippen LogP contribution in [0.5, 0.6) is 0 Å². The number of aromatic nitrogens is 2. The van der Waals surface area contributed by atoms with Crippen molar-refractivity contribution in [1.29, 1.82) is 0 Å². The molecule has 18 heavy (non-hydrogen) atoms. The lowest BCUT2D eigenvalue weighted by atomic mass is 10.1. The summed E-state index contributed by atoms with van der Waals surface area (Å²) in [6, 6.07) is 2.03. The summed E-state index contributed by atoms with van der Waals surface area (Å²) in [5, 5.41) is 4.46. The third-order valence-corrected chi connectivity index (χ3v) is 3.13. The number of hydrogen-bond acceptors (Lipinski definition) is 3. The average Bonchev–Trinajstić information content (AvgIpc) is 2.77. The van der Waals surface area contributed by atoms with Gasteiger partial charge in [-0.2, -0.15) is 5.10 Å². The highest BCUT2D eigenvalue weighted by Crippen LogP contribution is 2.11. The quantitative estimate of drug-likeness (QED) is 0.713. The van der Waals surface area contributed by atoms with E-state index in [4.69, 9.17) is 4.74 Å². The van der Waals surface area contributed by atoms with Gasteiger partial charge in [-0.1, -0.05) is 20.3 Å². The highest BCUT2D eigenvalue weighted by atomic mass is 16.5. The van der Waals surface area contributed by atoms with E-state index in [1.54, 1.807) is 7.11 Å². The summed E-state index contributed by atoms with van der Waals surface area (Å²) in [6.07, 6.45) is 2.78. The number of carbonyl (C=O) groups is 1. The van der Waals surface area contributed by atoms with Gasteiger partial charge in [0.1, 0.15) is 6.10 Å². The molecule has 4 heteroatoms. The van der Waals surface area contributed by atoms with Gasteiger partial charge in [0.05, 0.1) is 12.1 Å². The molecule has 0 saturated carbocycles. The van der Waals surface area contributed by atoms with Crippen molar-refractivity contribution in [1.82, 2.24) is 9.78 Å². The molecule has 4 nitrogen and oxygen atoms in total. The second kappa shape index (κ2) is 7.31. The van der Waals surface area contributed by atoms with Crippen LogP contribution >= 0.6 is 0 Å². The van der Waals surface area contributed by atoms with Crippen LogP contribution in [-0.2, 0) is 28.9 Å². The van der Waals surface area contributed by atoms with E-state index in [1.807, 2.05) is 17.7 Å². The smallest absolute Gasteiger partial charge is 0.167 e. The third kappa shape index (κ3) is 3.67. The fourth-order valence-electron chi connectivity index (χ4n) is 2.07. The van der Waals surface area contributed by atoms with Gasteiger partial charge in [-0.15, -0.1) is 0 Å². The molecule has 102 valence electrons. The van der Waals surface area contributed by atoms with E-state index in [9.17, 15) is 4.79 Å². The van der Waals surface area contributed by atoms with Crippen LogP contribution < -0.4 is 0 Å². The van der Waals surface area contributed by atoms with E-state index in [2.05, 4.69) is 18.9 Å². The van der Waals surface area contributed by atoms with E-state index in [0.29, 0.717) is 6.42 Å².